The Labute approximate surface area is 222 Å². The van der Waals surface area contributed by atoms with Gasteiger partial charge in [0, 0.05) is 42.7 Å². The molecule has 204 valence electrons. The number of rotatable bonds is 8. The molecule has 0 saturated carbocycles. The van der Waals surface area contributed by atoms with E-state index in [1.54, 1.807) is 37.4 Å². The van der Waals surface area contributed by atoms with Crippen molar-refractivity contribution in [3.8, 4) is 11.3 Å². The number of benzene rings is 2. The van der Waals surface area contributed by atoms with E-state index in [0.717, 1.165) is 12.1 Å². The predicted molar refractivity (Wildman–Crippen MR) is 138 cm³/mol. The highest BCUT2D eigenvalue weighted by molar-refractivity contribution is 7.89. The second-order valence-electron chi connectivity index (χ2n) is 9.24. The molecule has 0 aliphatic carbocycles. The van der Waals surface area contributed by atoms with Crippen molar-refractivity contribution in [1.82, 2.24) is 14.3 Å². The molecule has 0 amide bonds. The summed E-state index contributed by atoms with van der Waals surface area (Å²) in [6.45, 7) is 0.214. The average Bonchev–Trinajstić information content (AvgIpc) is 3.60. The number of Topliss-reactive ketones (excluding diaryl/α,β-unsaturated/α-hetero) is 1. The normalized spacial score (nSPS) is 16.6. The summed E-state index contributed by atoms with van der Waals surface area (Å²) >= 11 is 0. The summed E-state index contributed by atoms with van der Waals surface area (Å²) in [6.07, 6.45) is -3.26. The molecule has 0 bridgehead atoms. The van der Waals surface area contributed by atoms with E-state index in [0.29, 0.717) is 40.8 Å². The van der Waals surface area contributed by atoms with E-state index in [4.69, 9.17) is 4.42 Å². The topological polar surface area (TPSA) is 105 Å². The van der Waals surface area contributed by atoms with Crippen LogP contribution in [-0.4, -0.2) is 48.1 Å². The smallest absolute Gasteiger partial charge is 0.416 e. The number of anilines is 1. The first-order chi connectivity index (χ1) is 18.6. The summed E-state index contributed by atoms with van der Waals surface area (Å²) < 4.78 is 72.3. The van der Waals surface area contributed by atoms with Crippen LogP contribution in [0.2, 0.25) is 0 Å². The van der Waals surface area contributed by atoms with Crippen molar-refractivity contribution in [2.45, 2.75) is 43.0 Å². The van der Waals surface area contributed by atoms with Crippen LogP contribution in [0.4, 0.5) is 19.1 Å². The van der Waals surface area contributed by atoms with Gasteiger partial charge in [-0.1, -0.05) is 30.3 Å². The number of sulfonamides is 1. The third-order valence-corrected chi connectivity index (χ3v) is 8.44. The maximum absolute atomic E-state index is 13.3. The van der Waals surface area contributed by atoms with E-state index in [1.165, 1.54) is 22.5 Å². The Hall–Kier alpha value is -3.77. The number of carbonyl (C=O) groups is 1. The number of para-hydroxylation sites is 1. The van der Waals surface area contributed by atoms with Crippen molar-refractivity contribution in [2.24, 2.45) is 0 Å². The van der Waals surface area contributed by atoms with Gasteiger partial charge in [-0.25, -0.2) is 18.4 Å². The highest BCUT2D eigenvalue weighted by Gasteiger charge is 2.40. The van der Waals surface area contributed by atoms with Gasteiger partial charge < -0.3 is 9.73 Å². The molecular formula is C27H25F3N4O4S. The predicted octanol–water partition coefficient (Wildman–Crippen LogP) is 5.31. The van der Waals surface area contributed by atoms with E-state index < -0.39 is 27.8 Å². The summed E-state index contributed by atoms with van der Waals surface area (Å²) in [5, 5.41) is 3.29. The molecular weight excluding hydrogens is 533 g/mol. The van der Waals surface area contributed by atoms with E-state index in [-0.39, 0.29) is 36.2 Å². The number of aryl methyl sites for hydroxylation is 1. The molecule has 4 aromatic rings. The fourth-order valence-corrected chi connectivity index (χ4v) is 6.31. The van der Waals surface area contributed by atoms with Gasteiger partial charge in [-0.05, 0) is 43.5 Å². The van der Waals surface area contributed by atoms with E-state index >= 15 is 0 Å². The molecule has 12 heteroatoms. The quantitative estimate of drug-likeness (QED) is 0.313. The number of fused-ring (bicyclic) bond motifs is 1. The second kappa shape index (κ2) is 10.4. The number of carbonyl (C=O) groups excluding carboxylic acids is 1. The Morgan fingerprint density at radius 1 is 1.10 bits per heavy atom. The van der Waals surface area contributed by atoms with Crippen molar-refractivity contribution >= 4 is 32.7 Å². The van der Waals surface area contributed by atoms with Gasteiger partial charge >= 0.3 is 6.18 Å². The molecule has 8 nitrogen and oxygen atoms in total. The van der Waals surface area contributed by atoms with Crippen molar-refractivity contribution in [2.75, 3.05) is 18.9 Å². The zero-order chi connectivity index (χ0) is 27.8. The van der Waals surface area contributed by atoms with Gasteiger partial charge in [0.25, 0.3) is 10.0 Å². The number of halogens is 3. The Bertz CT molecular complexity index is 1590. The number of nitrogens with one attached hydrogen (secondary N) is 1. The first kappa shape index (κ1) is 26.8. The molecule has 1 saturated heterocycles. The van der Waals surface area contributed by atoms with Gasteiger partial charge in [-0.2, -0.15) is 17.5 Å². The fraction of sp³-hybridized carbons (Fsp3) is 0.296. The zero-order valence-electron chi connectivity index (χ0n) is 20.9. The molecule has 1 fully saturated rings. The van der Waals surface area contributed by atoms with Crippen LogP contribution in [0.3, 0.4) is 0 Å². The molecule has 2 aromatic heterocycles. The van der Waals surface area contributed by atoms with Crippen LogP contribution in [0.15, 0.2) is 70.2 Å². The maximum atomic E-state index is 13.3. The van der Waals surface area contributed by atoms with Crippen LogP contribution in [0, 0.1) is 0 Å². The zero-order valence-corrected chi connectivity index (χ0v) is 21.7. The molecule has 39 heavy (non-hydrogen) atoms. The van der Waals surface area contributed by atoms with E-state index in [9.17, 15) is 26.4 Å². The summed E-state index contributed by atoms with van der Waals surface area (Å²) in [4.78, 5) is 21.9. The van der Waals surface area contributed by atoms with Crippen molar-refractivity contribution in [3.63, 3.8) is 0 Å². The lowest BCUT2D eigenvalue weighted by Gasteiger charge is -2.21. The lowest BCUT2D eigenvalue weighted by molar-refractivity contribution is -0.137. The van der Waals surface area contributed by atoms with Gasteiger partial charge in [0.15, 0.2) is 5.78 Å². The number of alkyl halides is 3. The largest absolute Gasteiger partial charge is 0.443 e. The summed E-state index contributed by atoms with van der Waals surface area (Å²) in [6, 6.07) is 13.9. The molecule has 5 rings (SSSR count). The number of hydrogen-bond donors (Lipinski definition) is 1. The standard InChI is InChI=1S/C27H25F3N4O4S/c1-31-26-32-20(16-21(33-26)17-8-10-19(11-9-17)27(28,29)30)12-13-23(35)22-6-4-14-34(22)39(36,37)25-15-18-5-2-3-7-24(18)38-25/h2-3,5,7-11,15-16,22H,4,6,12-14H2,1H3,(H,31,32,33). The Kier molecular flexibility index (Phi) is 7.17. The average molecular weight is 559 g/mol. The SMILES string of the molecule is CNc1nc(CCC(=O)C2CCCN2S(=O)(=O)c2cc3ccccc3o2)cc(-c2ccc(C(F)(F)F)cc2)n1. The number of hydrogen-bond acceptors (Lipinski definition) is 7. The summed E-state index contributed by atoms with van der Waals surface area (Å²) in [5.41, 5.74) is 1.06. The first-order valence-electron chi connectivity index (χ1n) is 12.3. The first-order valence-corrected chi connectivity index (χ1v) is 13.8. The van der Waals surface area contributed by atoms with Crippen molar-refractivity contribution in [3.05, 3.63) is 71.9 Å². The number of furan rings is 1. The number of ketones is 1. The molecule has 3 heterocycles. The van der Waals surface area contributed by atoms with Crippen LogP contribution < -0.4 is 5.32 Å². The second-order valence-corrected chi connectivity index (χ2v) is 11.1. The summed E-state index contributed by atoms with van der Waals surface area (Å²) in [5.74, 6) is 0.0117. The van der Waals surface area contributed by atoms with Crippen LogP contribution >= 0.6 is 0 Å². The molecule has 1 aliphatic rings. The van der Waals surface area contributed by atoms with Gasteiger partial charge in [0.2, 0.25) is 11.0 Å². The van der Waals surface area contributed by atoms with Gasteiger partial charge in [0.05, 0.1) is 17.3 Å². The molecule has 0 spiro atoms. The third kappa shape index (κ3) is 5.52. The van der Waals surface area contributed by atoms with Gasteiger partial charge in [0.1, 0.15) is 5.58 Å². The number of nitrogens with zero attached hydrogens (tertiary/aromatic N) is 3. The van der Waals surface area contributed by atoms with Crippen LogP contribution in [0.5, 0.6) is 0 Å². The fourth-order valence-electron chi connectivity index (χ4n) is 4.68. The van der Waals surface area contributed by atoms with E-state index in [2.05, 4.69) is 15.3 Å². The lowest BCUT2D eigenvalue weighted by Crippen LogP contribution is -2.40. The third-order valence-electron chi connectivity index (χ3n) is 6.68. The minimum Gasteiger partial charge on any atom is -0.443 e. The summed E-state index contributed by atoms with van der Waals surface area (Å²) in [7, 11) is -2.40. The monoisotopic (exact) mass is 558 g/mol. The molecule has 0 radical (unpaired) electrons. The highest BCUT2D eigenvalue weighted by Crippen LogP contribution is 2.32. The lowest BCUT2D eigenvalue weighted by atomic mass is 10.0. The highest BCUT2D eigenvalue weighted by atomic mass is 32.2. The maximum Gasteiger partial charge on any atom is 0.416 e. The van der Waals surface area contributed by atoms with Crippen LogP contribution in [0.25, 0.3) is 22.2 Å². The minimum absolute atomic E-state index is 0.0312. The molecule has 2 aromatic carbocycles. The van der Waals surface area contributed by atoms with Crippen LogP contribution in [-0.2, 0) is 27.4 Å². The van der Waals surface area contributed by atoms with Crippen molar-refractivity contribution < 1.29 is 30.8 Å². The Balaban J connectivity index is 1.32. The molecule has 1 aliphatic heterocycles. The van der Waals surface area contributed by atoms with Crippen molar-refractivity contribution in [1.29, 1.82) is 0 Å². The minimum atomic E-state index is -4.45. The van der Waals surface area contributed by atoms with Gasteiger partial charge in [-0.3, -0.25) is 4.79 Å². The Morgan fingerprint density at radius 2 is 1.85 bits per heavy atom. The molecule has 1 unspecified atom stereocenters. The van der Waals surface area contributed by atoms with Gasteiger partial charge in [-0.15, -0.1) is 0 Å². The number of aromatic nitrogens is 2. The van der Waals surface area contributed by atoms with E-state index in [1.807, 2.05) is 0 Å². The van der Waals surface area contributed by atoms with Crippen LogP contribution in [0.1, 0.15) is 30.5 Å². The molecule has 1 atom stereocenters. The Morgan fingerprint density at radius 3 is 2.54 bits per heavy atom. The molecule has 1 N–H and O–H groups in total.